The number of nitrogens with one attached hydrogen (secondary N) is 1. The van der Waals surface area contributed by atoms with Crippen molar-refractivity contribution >= 4 is 6.29 Å². The lowest BCUT2D eigenvalue weighted by molar-refractivity contribution is 0.0841. The fourth-order valence-electron chi connectivity index (χ4n) is 2.38. The highest BCUT2D eigenvalue weighted by Gasteiger charge is 2.23. The van der Waals surface area contributed by atoms with Crippen LogP contribution < -0.4 is 0 Å². The summed E-state index contributed by atoms with van der Waals surface area (Å²) >= 11 is 0. The Morgan fingerprint density at radius 3 is 2.76 bits per heavy atom. The minimum absolute atomic E-state index is 0.376. The van der Waals surface area contributed by atoms with Gasteiger partial charge < -0.3 is 4.74 Å². The van der Waals surface area contributed by atoms with E-state index in [1.807, 2.05) is 0 Å². The third kappa shape index (κ3) is 2.75. The molecule has 0 aromatic carbocycles. The number of aromatic amines is 1. The maximum Gasteiger partial charge on any atom is 0.153 e. The second kappa shape index (κ2) is 5.45. The second-order valence-corrected chi connectivity index (χ2v) is 5.10. The van der Waals surface area contributed by atoms with Gasteiger partial charge in [0.25, 0.3) is 0 Å². The summed E-state index contributed by atoms with van der Waals surface area (Å²) in [5, 5.41) is 7.38. The zero-order valence-electron chi connectivity index (χ0n) is 10.5. The molecular weight excluding hydrogens is 216 g/mol. The quantitative estimate of drug-likeness (QED) is 0.816. The lowest BCUT2D eigenvalue weighted by Crippen LogP contribution is -2.15. The van der Waals surface area contributed by atoms with Gasteiger partial charge in [-0.05, 0) is 25.2 Å². The molecule has 1 aromatic rings. The molecule has 0 amide bonds. The normalized spacial score (nSPS) is 17.6. The smallest absolute Gasteiger partial charge is 0.153 e. The Hall–Kier alpha value is -1.16. The molecule has 0 aliphatic carbocycles. The van der Waals surface area contributed by atoms with Crippen LogP contribution in [0.15, 0.2) is 0 Å². The van der Waals surface area contributed by atoms with Crippen LogP contribution in [0.1, 0.15) is 54.4 Å². The van der Waals surface area contributed by atoms with Gasteiger partial charge >= 0.3 is 0 Å². The van der Waals surface area contributed by atoms with Gasteiger partial charge in [0.1, 0.15) is 0 Å². The molecule has 0 unspecified atom stereocenters. The molecule has 2 rings (SSSR count). The van der Waals surface area contributed by atoms with Gasteiger partial charge in [0.05, 0.1) is 11.3 Å². The van der Waals surface area contributed by atoms with Crippen LogP contribution in [0.2, 0.25) is 0 Å². The summed E-state index contributed by atoms with van der Waals surface area (Å²) in [4.78, 5) is 11.2. The van der Waals surface area contributed by atoms with E-state index < -0.39 is 0 Å². The first kappa shape index (κ1) is 12.3. The maximum atomic E-state index is 11.2. The van der Waals surface area contributed by atoms with Crippen LogP contribution in [0.25, 0.3) is 0 Å². The van der Waals surface area contributed by atoms with Crippen molar-refractivity contribution in [2.45, 2.75) is 39.0 Å². The van der Waals surface area contributed by atoms with Crippen molar-refractivity contribution < 1.29 is 9.53 Å². The van der Waals surface area contributed by atoms with Crippen molar-refractivity contribution in [1.29, 1.82) is 0 Å². The fourth-order valence-corrected chi connectivity index (χ4v) is 2.38. The van der Waals surface area contributed by atoms with Crippen LogP contribution >= 0.6 is 0 Å². The number of hydrogen-bond acceptors (Lipinski definition) is 3. The van der Waals surface area contributed by atoms with Crippen molar-refractivity contribution in [3.63, 3.8) is 0 Å². The van der Waals surface area contributed by atoms with Gasteiger partial charge in [0.2, 0.25) is 0 Å². The summed E-state index contributed by atoms with van der Waals surface area (Å²) in [6, 6.07) is 0. The summed E-state index contributed by atoms with van der Waals surface area (Å²) in [6.07, 6.45) is 3.76. The van der Waals surface area contributed by atoms with E-state index in [2.05, 4.69) is 24.0 Å². The number of carbonyl (C=O) groups is 1. The first-order chi connectivity index (χ1) is 8.22. The number of nitrogens with zero attached hydrogens (tertiary/aromatic N) is 1. The number of aromatic nitrogens is 2. The van der Waals surface area contributed by atoms with Crippen LogP contribution in [-0.4, -0.2) is 29.7 Å². The van der Waals surface area contributed by atoms with E-state index in [-0.39, 0.29) is 0 Å². The van der Waals surface area contributed by atoms with Gasteiger partial charge in [-0.1, -0.05) is 13.8 Å². The molecule has 1 aromatic heterocycles. The van der Waals surface area contributed by atoms with Gasteiger partial charge in [0, 0.05) is 24.8 Å². The Balaban J connectivity index is 2.21. The highest BCUT2D eigenvalue weighted by molar-refractivity contribution is 5.78. The molecule has 4 nitrogen and oxygen atoms in total. The Morgan fingerprint density at radius 2 is 2.18 bits per heavy atom. The van der Waals surface area contributed by atoms with E-state index in [0.29, 0.717) is 11.8 Å². The molecular formula is C13H20N2O2. The topological polar surface area (TPSA) is 55.0 Å². The zero-order valence-corrected chi connectivity index (χ0v) is 10.5. The van der Waals surface area contributed by atoms with Gasteiger partial charge in [-0.2, -0.15) is 5.10 Å². The third-order valence-corrected chi connectivity index (χ3v) is 3.25. The number of rotatable bonds is 4. The monoisotopic (exact) mass is 236 g/mol. The van der Waals surface area contributed by atoms with Crippen LogP contribution in [0.4, 0.5) is 0 Å². The number of carbonyl (C=O) groups excluding carboxylic acids is 1. The molecule has 0 atom stereocenters. The standard InChI is InChI=1S/C13H20N2O2/c1-9(2)7-12-11(8-16)13(15-14-12)10-3-5-17-6-4-10/h8-10H,3-7H2,1-2H3,(H,14,15). The summed E-state index contributed by atoms with van der Waals surface area (Å²) in [6.45, 7) is 5.83. The van der Waals surface area contributed by atoms with Crippen LogP contribution in [0.3, 0.4) is 0 Å². The first-order valence-corrected chi connectivity index (χ1v) is 6.32. The Kier molecular flexibility index (Phi) is 3.94. The predicted octanol–water partition coefficient (Wildman–Crippen LogP) is 2.31. The summed E-state index contributed by atoms with van der Waals surface area (Å²) in [7, 11) is 0. The maximum absolute atomic E-state index is 11.2. The molecule has 0 spiro atoms. The zero-order chi connectivity index (χ0) is 12.3. The van der Waals surface area contributed by atoms with Crippen molar-refractivity contribution in [2.75, 3.05) is 13.2 Å². The van der Waals surface area contributed by atoms with Gasteiger partial charge in [-0.15, -0.1) is 0 Å². The van der Waals surface area contributed by atoms with E-state index in [4.69, 9.17) is 4.74 Å². The van der Waals surface area contributed by atoms with Crippen molar-refractivity contribution in [2.24, 2.45) is 5.92 Å². The fraction of sp³-hybridized carbons (Fsp3) is 0.692. The first-order valence-electron chi connectivity index (χ1n) is 6.32. The molecule has 1 fully saturated rings. The highest BCUT2D eigenvalue weighted by Crippen LogP contribution is 2.29. The van der Waals surface area contributed by atoms with E-state index in [9.17, 15) is 4.79 Å². The van der Waals surface area contributed by atoms with Crippen LogP contribution in [0.5, 0.6) is 0 Å². The second-order valence-electron chi connectivity index (χ2n) is 5.10. The van der Waals surface area contributed by atoms with Crippen LogP contribution in [-0.2, 0) is 11.2 Å². The summed E-state index contributed by atoms with van der Waals surface area (Å²) < 4.78 is 5.34. The third-order valence-electron chi connectivity index (χ3n) is 3.25. The lowest BCUT2D eigenvalue weighted by atomic mass is 9.92. The molecule has 2 heterocycles. The highest BCUT2D eigenvalue weighted by atomic mass is 16.5. The van der Waals surface area contributed by atoms with E-state index >= 15 is 0 Å². The molecule has 0 bridgehead atoms. The molecule has 1 aliphatic rings. The van der Waals surface area contributed by atoms with E-state index in [1.54, 1.807) is 0 Å². The number of H-pyrrole nitrogens is 1. The molecule has 1 N–H and O–H groups in total. The molecule has 0 saturated carbocycles. The Morgan fingerprint density at radius 1 is 1.47 bits per heavy atom. The van der Waals surface area contributed by atoms with Crippen molar-refractivity contribution in [3.05, 3.63) is 17.0 Å². The molecule has 0 radical (unpaired) electrons. The SMILES string of the molecule is CC(C)Cc1[nH]nc(C2CCOCC2)c1C=O. The largest absolute Gasteiger partial charge is 0.381 e. The molecule has 17 heavy (non-hydrogen) atoms. The van der Waals surface area contributed by atoms with Crippen molar-refractivity contribution in [3.8, 4) is 0 Å². The van der Waals surface area contributed by atoms with Gasteiger partial charge in [-0.3, -0.25) is 9.89 Å². The molecule has 94 valence electrons. The van der Waals surface area contributed by atoms with Crippen LogP contribution in [0, 0.1) is 5.92 Å². The average Bonchev–Trinajstić information content (AvgIpc) is 2.72. The minimum atomic E-state index is 0.376. The van der Waals surface area contributed by atoms with E-state index in [0.717, 1.165) is 55.7 Å². The summed E-state index contributed by atoms with van der Waals surface area (Å²) in [5.41, 5.74) is 2.71. The van der Waals surface area contributed by atoms with Gasteiger partial charge in [0.15, 0.2) is 6.29 Å². The molecule has 4 heteroatoms. The lowest BCUT2D eigenvalue weighted by Gasteiger charge is -2.20. The summed E-state index contributed by atoms with van der Waals surface area (Å²) in [5.74, 6) is 0.901. The van der Waals surface area contributed by atoms with E-state index in [1.165, 1.54) is 0 Å². The predicted molar refractivity (Wildman–Crippen MR) is 65.3 cm³/mol. The number of hydrogen-bond donors (Lipinski definition) is 1. The molecule has 1 aliphatic heterocycles. The molecule has 1 saturated heterocycles. The van der Waals surface area contributed by atoms with Gasteiger partial charge in [-0.25, -0.2) is 0 Å². The Bertz CT molecular complexity index is 379. The average molecular weight is 236 g/mol. The number of aldehydes is 1. The minimum Gasteiger partial charge on any atom is -0.381 e. The van der Waals surface area contributed by atoms with Crippen molar-refractivity contribution in [1.82, 2.24) is 10.2 Å². The number of ether oxygens (including phenoxy) is 1. The Labute approximate surface area is 102 Å².